The van der Waals surface area contributed by atoms with Crippen molar-refractivity contribution in [3.05, 3.63) is 35.4 Å². The number of rotatable bonds is 5. The number of hydrogen-bond acceptors (Lipinski definition) is 4. The van der Waals surface area contributed by atoms with Gasteiger partial charge in [0, 0.05) is 19.6 Å². The molecule has 1 aliphatic rings. The van der Waals surface area contributed by atoms with Crippen molar-refractivity contribution >= 4 is 30.7 Å². The number of carbonyl (C=O) groups excluding carboxylic acids is 1. The molecule has 0 aliphatic carbocycles. The zero-order chi connectivity index (χ0) is 15.2. The molecule has 1 saturated heterocycles. The second-order valence-electron chi connectivity index (χ2n) is 5.70. The third-order valence-electron chi connectivity index (χ3n) is 3.78. The smallest absolute Gasteiger partial charge is 0.250 e. The van der Waals surface area contributed by atoms with E-state index < -0.39 is 0 Å². The lowest BCUT2D eigenvalue weighted by atomic mass is 10.0. The molecule has 0 radical (unpaired) electrons. The Morgan fingerprint density at radius 3 is 2.52 bits per heavy atom. The van der Waals surface area contributed by atoms with Crippen LogP contribution in [0.5, 0.6) is 0 Å². The number of aryl methyl sites for hydroxylation is 1. The van der Waals surface area contributed by atoms with E-state index in [0.717, 1.165) is 6.54 Å². The summed E-state index contributed by atoms with van der Waals surface area (Å²) < 4.78 is 5.47. The van der Waals surface area contributed by atoms with E-state index in [9.17, 15) is 4.79 Å². The van der Waals surface area contributed by atoms with Crippen molar-refractivity contribution in [2.24, 2.45) is 0 Å². The molecular formula is C16H27Cl2N3O2. The topological polar surface area (TPSA) is 53.6 Å². The summed E-state index contributed by atoms with van der Waals surface area (Å²) >= 11 is 0. The molecule has 2 N–H and O–H groups in total. The molecule has 1 aromatic rings. The largest absolute Gasteiger partial charge is 0.366 e. The molecule has 0 saturated carbocycles. The summed E-state index contributed by atoms with van der Waals surface area (Å²) in [5.74, 6) is -0.0406. The maximum atomic E-state index is 12.1. The molecule has 23 heavy (non-hydrogen) atoms. The van der Waals surface area contributed by atoms with Gasteiger partial charge >= 0.3 is 0 Å². The van der Waals surface area contributed by atoms with Gasteiger partial charge in [0.25, 0.3) is 5.91 Å². The number of ether oxygens (including phenoxy) is 1. The Morgan fingerprint density at radius 1 is 1.35 bits per heavy atom. The molecule has 2 rings (SSSR count). The molecule has 1 heterocycles. The van der Waals surface area contributed by atoms with Crippen molar-refractivity contribution < 1.29 is 9.53 Å². The number of hydrogen-bond donors (Lipinski definition) is 2. The minimum absolute atomic E-state index is 0. The van der Waals surface area contributed by atoms with Crippen LogP contribution in [0.25, 0.3) is 0 Å². The summed E-state index contributed by atoms with van der Waals surface area (Å²) in [5, 5.41) is 6.17. The van der Waals surface area contributed by atoms with Gasteiger partial charge in [-0.05, 0) is 26.6 Å². The van der Waals surface area contributed by atoms with Gasteiger partial charge in [-0.1, -0.05) is 29.8 Å². The number of morpholine rings is 1. The molecule has 1 aromatic carbocycles. The number of benzene rings is 1. The molecule has 0 spiro atoms. The molecular weight excluding hydrogens is 337 g/mol. The van der Waals surface area contributed by atoms with Gasteiger partial charge in [-0.2, -0.15) is 0 Å². The Bertz CT molecular complexity index is 463. The van der Waals surface area contributed by atoms with Crippen LogP contribution in [-0.4, -0.2) is 57.2 Å². The Balaban J connectivity index is 0.00000242. The number of carbonyl (C=O) groups is 1. The quantitative estimate of drug-likeness (QED) is 0.833. The Labute approximate surface area is 151 Å². The Kier molecular flexibility index (Phi) is 10.4. The number of nitrogens with zero attached hydrogens (tertiary/aromatic N) is 1. The van der Waals surface area contributed by atoms with Crippen LogP contribution in [0.3, 0.4) is 0 Å². The summed E-state index contributed by atoms with van der Waals surface area (Å²) in [4.78, 5) is 14.2. The van der Waals surface area contributed by atoms with E-state index in [0.29, 0.717) is 19.7 Å². The lowest BCUT2D eigenvalue weighted by Gasteiger charge is -2.27. The van der Waals surface area contributed by atoms with E-state index >= 15 is 0 Å². The lowest BCUT2D eigenvalue weighted by molar-refractivity contribution is -0.134. The number of halogens is 2. The zero-order valence-electron chi connectivity index (χ0n) is 13.9. The highest BCUT2D eigenvalue weighted by Crippen LogP contribution is 2.18. The highest BCUT2D eigenvalue weighted by molar-refractivity contribution is 5.85. The van der Waals surface area contributed by atoms with Crippen molar-refractivity contribution in [3.63, 3.8) is 0 Å². The summed E-state index contributed by atoms with van der Waals surface area (Å²) in [6.07, 6.45) is -0.375. The summed E-state index contributed by atoms with van der Waals surface area (Å²) in [7, 11) is 4.05. The van der Waals surface area contributed by atoms with Crippen molar-refractivity contribution in [2.45, 2.75) is 19.1 Å². The fraction of sp³-hybridized carbons (Fsp3) is 0.562. The molecule has 0 bridgehead atoms. The summed E-state index contributed by atoms with van der Waals surface area (Å²) in [5.41, 5.74) is 2.44. The second kappa shape index (κ2) is 10.8. The van der Waals surface area contributed by atoms with Gasteiger partial charge in [-0.25, -0.2) is 0 Å². The molecule has 0 aromatic heterocycles. The van der Waals surface area contributed by atoms with E-state index in [1.54, 1.807) is 0 Å². The van der Waals surface area contributed by atoms with E-state index in [2.05, 4.69) is 46.7 Å². The van der Waals surface area contributed by atoms with Gasteiger partial charge < -0.3 is 20.3 Å². The first-order valence-electron chi connectivity index (χ1n) is 7.41. The van der Waals surface area contributed by atoms with Gasteiger partial charge in [0.1, 0.15) is 6.10 Å². The van der Waals surface area contributed by atoms with E-state index in [-0.39, 0.29) is 42.9 Å². The molecule has 1 amide bonds. The average Bonchev–Trinajstić information content (AvgIpc) is 2.49. The van der Waals surface area contributed by atoms with Crippen LogP contribution in [-0.2, 0) is 9.53 Å². The molecule has 5 nitrogen and oxygen atoms in total. The predicted octanol–water partition coefficient (Wildman–Crippen LogP) is 1.55. The van der Waals surface area contributed by atoms with Crippen LogP contribution in [0.1, 0.15) is 17.2 Å². The standard InChI is InChI=1S/C16H25N3O2.2ClH/c1-12-4-6-13(7-5-12)14(19(2)3)10-18-16(20)15-11-17-8-9-21-15;;/h4-7,14-15,17H,8-11H2,1-3H3,(H,18,20);2*1H. The molecule has 1 aliphatic heterocycles. The molecule has 7 heteroatoms. The van der Waals surface area contributed by atoms with E-state index in [1.165, 1.54) is 11.1 Å². The molecule has 132 valence electrons. The van der Waals surface area contributed by atoms with Crippen LogP contribution in [0, 0.1) is 6.92 Å². The third kappa shape index (κ3) is 6.65. The van der Waals surface area contributed by atoms with Crippen LogP contribution in [0.4, 0.5) is 0 Å². The molecule has 2 atom stereocenters. The zero-order valence-corrected chi connectivity index (χ0v) is 15.5. The van der Waals surface area contributed by atoms with Crippen molar-refractivity contribution in [1.29, 1.82) is 0 Å². The fourth-order valence-corrected chi connectivity index (χ4v) is 2.43. The van der Waals surface area contributed by atoms with E-state index in [4.69, 9.17) is 4.74 Å². The highest BCUT2D eigenvalue weighted by Gasteiger charge is 2.23. The first kappa shape index (κ1) is 22.1. The van der Waals surface area contributed by atoms with Gasteiger partial charge in [0.2, 0.25) is 0 Å². The summed E-state index contributed by atoms with van der Waals surface area (Å²) in [6, 6.07) is 8.59. The van der Waals surface area contributed by atoms with Crippen molar-refractivity contribution in [1.82, 2.24) is 15.5 Å². The van der Waals surface area contributed by atoms with Crippen LogP contribution in [0.2, 0.25) is 0 Å². The SMILES string of the molecule is Cc1ccc(C(CNC(=O)C2CNCCO2)N(C)C)cc1.Cl.Cl. The second-order valence-corrected chi connectivity index (χ2v) is 5.70. The minimum atomic E-state index is -0.375. The first-order chi connectivity index (χ1) is 10.1. The number of amides is 1. The number of likely N-dealkylation sites (N-methyl/N-ethyl adjacent to an activating group) is 1. The average molecular weight is 364 g/mol. The normalized spacial score (nSPS) is 18.5. The Morgan fingerprint density at radius 2 is 2.00 bits per heavy atom. The minimum Gasteiger partial charge on any atom is -0.366 e. The first-order valence-corrected chi connectivity index (χ1v) is 7.41. The fourth-order valence-electron chi connectivity index (χ4n) is 2.43. The maximum absolute atomic E-state index is 12.1. The van der Waals surface area contributed by atoms with Crippen LogP contribution >= 0.6 is 24.8 Å². The van der Waals surface area contributed by atoms with Gasteiger partial charge in [0.15, 0.2) is 0 Å². The number of nitrogens with one attached hydrogen (secondary N) is 2. The third-order valence-corrected chi connectivity index (χ3v) is 3.78. The van der Waals surface area contributed by atoms with Crippen molar-refractivity contribution in [2.75, 3.05) is 40.3 Å². The molecule has 2 unspecified atom stereocenters. The predicted molar refractivity (Wildman–Crippen MR) is 97.7 cm³/mol. The molecule has 1 fully saturated rings. The van der Waals surface area contributed by atoms with Gasteiger partial charge in [-0.15, -0.1) is 24.8 Å². The van der Waals surface area contributed by atoms with Gasteiger partial charge in [-0.3, -0.25) is 4.79 Å². The van der Waals surface area contributed by atoms with Crippen LogP contribution in [0.15, 0.2) is 24.3 Å². The van der Waals surface area contributed by atoms with Crippen LogP contribution < -0.4 is 10.6 Å². The monoisotopic (exact) mass is 363 g/mol. The Hall–Kier alpha value is -0.850. The van der Waals surface area contributed by atoms with Gasteiger partial charge in [0.05, 0.1) is 12.6 Å². The lowest BCUT2D eigenvalue weighted by Crippen LogP contribution is -2.49. The highest BCUT2D eigenvalue weighted by atomic mass is 35.5. The van der Waals surface area contributed by atoms with E-state index in [1.807, 2.05) is 14.1 Å². The maximum Gasteiger partial charge on any atom is 0.250 e. The summed E-state index contributed by atoms with van der Waals surface area (Å²) in [6.45, 7) is 4.64. The van der Waals surface area contributed by atoms with Crippen molar-refractivity contribution in [3.8, 4) is 0 Å².